The Kier molecular flexibility index (Phi) is 41.2. The summed E-state index contributed by atoms with van der Waals surface area (Å²) in [6.45, 7) is 11.9. The van der Waals surface area contributed by atoms with Crippen molar-refractivity contribution in [3.63, 3.8) is 0 Å². The molecule has 3 heterocycles. The quantitative estimate of drug-likeness (QED) is 0.0303. The van der Waals surface area contributed by atoms with Gasteiger partial charge in [-0.05, 0) is 53.5 Å². The molecule has 1 aromatic carbocycles. The van der Waals surface area contributed by atoms with Crippen LogP contribution in [0.2, 0.25) is 0 Å². The molecule has 21 atom stereocenters. The van der Waals surface area contributed by atoms with Gasteiger partial charge < -0.3 is 93.4 Å². The number of carbonyl (C=O) groups is 4. The summed E-state index contributed by atoms with van der Waals surface area (Å²) in [6, 6.07) is 4.48. The lowest BCUT2D eigenvalue weighted by Crippen LogP contribution is -2.64. The summed E-state index contributed by atoms with van der Waals surface area (Å²) in [5.41, 5.74) is 0.736. The minimum absolute atomic E-state index is 0.00243. The van der Waals surface area contributed by atoms with Gasteiger partial charge in [-0.15, -0.1) is 0 Å². The fourth-order valence-corrected chi connectivity index (χ4v) is 13.0. The van der Waals surface area contributed by atoms with Crippen LogP contribution in [0.4, 0.5) is 0 Å². The molecule has 4 rings (SSSR count). The smallest absolute Gasteiger partial charge is 0.245 e. The Balaban J connectivity index is 1.33. The number of hydrogen-bond acceptors (Lipinski definition) is 19. The van der Waals surface area contributed by atoms with Crippen LogP contribution >= 0.6 is 0 Å². The normalized spacial score (nSPS) is 28.4. The lowest BCUT2D eigenvalue weighted by molar-refractivity contribution is -0.367. The second kappa shape index (κ2) is 46.7. The van der Waals surface area contributed by atoms with Crippen molar-refractivity contribution in [2.24, 2.45) is 0 Å². The predicted octanol–water partition coefficient (Wildman–Crippen LogP) is 8.19. The summed E-state index contributed by atoms with van der Waals surface area (Å²) in [5.74, 6) is -2.61. The number of benzene rings is 1. The van der Waals surface area contributed by atoms with Gasteiger partial charge >= 0.3 is 0 Å². The number of unbranched alkanes of at least 4 members (excludes halogenated alkanes) is 22. The second-order valence-electron chi connectivity index (χ2n) is 26.4. The number of amides is 4. The molecular weight excluding hydrogens is 1210 g/mol. The lowest BCUT2D eigenvalue weighted by Gasteiger charge is -2.48. The minimum atomic E-state index is -1.55. The van der Waals surface area contributed by atoms with Gasteiger partial charge in [0.2, 0.25) is 23.6 Å². The number of carbonyl (C=O) groups excluding carboxylic acids is 4. The summed E-state index contributed by atoms with van der Waals surface area (Å²) in [4.78, 5) is 57.2. The van der Waals surface area contributed by atoms with Crippen molar-refractivity contribution in [1.29, 1.82) is 0 Å². The second-order valence-corrected chi connectivity index (χ2v) is 26.4. The van der Waals surface area contributed by atoms with Crippen LogP contribution in [-0.4, -0.2) is 217 Å². The molecule has 0 spiro atoms. The average Bonchev–Trinajstić information content (AvgIpc) is 0.794. The third-order valence-electron chi connectivity index (χ3n) is 18.8. The topological polar surface area (TPSA) is 288 Å². The van der Waals surface area contributed by atoms with Crippen molar-refractivity contribution in [2.75, 3.05) is 49.3 Å². The maximum absolute atomic E-state index is 14.7. The van der Waals surface area contributed by atoms with Gasteiger partial charge in [0.15, 0.2) is 18.9 Å². The van der Waals surface area contributed by atoms with Gasteiger partial charge in [-0.25, -0.2) is 0 Å². The van der Waals surface area contributed by atoms with Crippen LogP contribution < -0.4 is 21.3 Å². The van der Waals surface area contributed by atoms with Gasteiger partial charge in [-0.1, -0.05) is 185 Å². The molecule has 544 valence electrons. The standard InChI is InChI=1S/C71H126N4O19/c1-14-15-16-17-18-19-20-21-22-23-24-25-26-27-28-29-30-31-32-33-34-35-39-42-53(83-8)44-55(76)74-54(43-52-40-37-36-38-41-52)67(81)75-56(48(4)90-69-58(78)62(86-11)57(77)49(5)91-69)68(82)73-47(3)66(80)72-46(2)45-89-71-65(64(88-13)61(85-10)51(7)93-71)94-70-59(79)63(87-12)60(84-9)50(6)92-70/h36-38,40-41,46-51,53-54,56-65,69-71,77-79H,14-35,39,42-45H2,1-13H3,(H,72,80)(H,73,82)(H,74,76)(H,75,81)/t46-,47+,48+,49-,50-,51-,53?,54+,56+,57+,58+,59+,60-,61-,62+,63-,64+,65+,69+,70-,71+/m0/s1. The van der Waals surface area contributed by atoms with Crippen LogP contribution in [0.15, 0.2) is 30.3 Å². The Morgan fingerprint density at radius 3 is 1.46 bits per heavy atom. The molecule has 0 aliphatic carbocycles. The van der Waals surface area contributed by atoms with E-state index in [1.165, 1.54) is 178 Å². The molecular formula is C71H126N4O19. The van der Waals surface area contributed by atoms with Crippen LogP contribution in [0.25, 0.3) is 0 Å². The summed E-state index contributed by atoms with van der Waals surface area (Å²) in [7, 11) is 8.86. The zero-order valence-electron chi connectivity index (χ0n) is 59.5. The predicted molar refractivity (Wildman–Crippen MR) is 357 cm³/mol. The fraction of sp³-hybridized carbons (Fsp3) is 0.859. The van der Waals surface area contributed by atoms with Gasteiger partial charge in [0, 0.05) is 55.1 Å². The van der Waals surface area contributed by atoms with Crippen LogP contribution in [0.3, 0.4) is 0 Å². The van der Waals surface area contributed by atoms with Crippen LogP contribution in [-0.2, 0) is 82.4 Å². The highest BCUT2D eigenvalue weighted by Gasteiger charge is 2.52. The van der Waals surface area contributed by atoms with E-state index in [1.54, 1.807) is 34.8 Å². The Labute approximate surface area is 563 Å². The zero-order chi connectivity index (χ0) is 69.0. The van der Waals surface area contributed by atoms with Crippen LogP contribution in [0, 0.1) is 0 Å². The zero-order valence-corrected chi connectivity index (χ0v) is 59.5. The summed E-state index contributed by atoms with van der Waals surface area (Å²) in [6.07, 6.45) is 14.6. The average molecular weight is 1340 g/mol. The number of ether oxygens (including phenoxy) is 12. The summed E-state index contributed by atoms with van der Waals surface area (Å²) < 4.78 is 71.1. The van der Waals surface area contributed by atoms with Crippen molar-refractivity contribution < 1.29 is 91.3 Å². The SMILES string of the molecule is CCCCCCCCCCCCCCCCCCCCCCCCCC(CC(=O)N[C@H](Cc1ccccc1)C(=O)N[C@@H](C(=O)N[C@H](C)C(=O)N[C@@H](C)CO[C@@H]1O[C@@H](C)[C@H](OC)[C@@H](OC)[C@H]1O[C@@H]1O[C@@H](C)[C@H](OC)[C@@H](OC)[C@H]1O)[C@@H](C)O[C@@H]1O[C@@H](C)[C@@H](O)[C@@H](OC)[C@H]1O)OC. The van der Waals surface area contributed by atoms with Crippen LogP contribution in [0.5, 0.6) is 0 Å². The van der Waals surface area contributed by atoms with Crippen LogP contribution in [0.1, 0.15) is 215 Å². The van der Waals surface area contributed by atoms with Gasteiger partial charge in [0.25, 0.3) is 0 Å². The Morgan fingerprint density at radius 2 is 0.957 bits per heavy atom. The van der Waals surface area contributed by atoms with Gasteiger partial charge in [-0.3, -0.25) is 19.2 Å². The molecule has 3 saturated heterocycles. The molecule has 1 unspecified atom stereocenters. The highest BCUT2D eigenvalue weighted by Crippen LogP contribution is 2.34. The first-order valence-corrected chi connectivity index (χ1v) is 35.6. The highest BCUT2D eigenvalue weighted by atomic mass is 16.8. The number of rotatable bonds is 49. The summed E-state index contributed by atoms with van der Waals surface area (Å²) in [5, 5.41) is 44.6. The molecule has 7 N–H and O–H groups in total. The van der Waals surface area contributed by atoms with E-state index in [2.05, 4.69) is 28.2 Å². The molecule has 3 aliphatic rings. The van der Waals surface area contributed by atoms with Gasteiger partial charge in [0.1, 0.15) is 73.1 Å². The molecule has 0 radical (unpaired) electrons. The molecule has 94 heavy (non-hydrogen) atoms. The van der Waals surface area contributed by atoms with Crippen molar-refractivity contribution >= 4 is 23.6 Å². The third-order valence-corrected chi connectivity index (χ3v) is 18.8. The van der Waals surface area contributed by atoms with E-state index < -0.39 is 146 Å². The maximum atomic E-state index is 14.7. The van der Waals surface area contributed by atoms with Crippen molar-refractivity contribution in [3.05, 3.63) is 35.9 Å². The first-order chi connectivity index (χ1) is 45.3. The number of hydrogen-bond donors (Lipinski definition) is 7. The van der Waals surface area contributed by atoms with E-state index in [0.29, 0.717) is 6.42 Å². The molecule has 0 bridgehead atoms. The Bertz CT molecular complexity index is 2190. The van der Waals surface area contributed by atoms with Crippen molar-refractivity contribution in [1.82, 2.24) is 21.3 Å². The van der Waals surface area contributed by atoms with E-state index in [1.807, 2.05) is 30.3 Å². The molecule has 3 aliphatic heterocycles. The van der Waals surface area contributed by atoms with Crippen molar-refractivity contribution in [2.45, 2.75) is 344 Å². The monoisotopic (exact) mass is 1340 g/mol. The van der Waals surface area contributed by atoms with E-state index in [0.717, 1.165) is 24.8 Å². The first-order valence-electron chi connectivity index (χ1n) is 35.6. The number of methoxy groups -OCH3 is 6. The number of aliphatic hydroxyl groups excluding tert-OH is 3. The van der Waals surface area contributed by atoms with Crippen molar-refractivity contribution in [3.8, 4) is 0 Å². The number of nitrogens with one attached hydrogen (secondary N) is 4. The third kappa shape index (κ3) is 28.4. The molecule has 4 amide bonds. The first kappa shape index (κ1) is 82.9. The summed E-state index contributed by atoms with van der Waals surface area (Å²) >= 11 is 0. The van der Waals surface area contributed by atoms with E-state index in [4.69, 9.17) is 56.8 Å². The molecule has 0 aromatic heterocycles. The Morgan fingerprint density at radius 1 is 0.489 bits per heavy atom. The molecule has 23 nitrogen and oxygen atoms in total. The van der Waals surface area contributed by atoms with E-state index in [-0.39, 0.29) is 25.6 Å². The highest BCUT2D eigenvalue weighted by molar-refractivity contribution is 5.94. The molecule has 1 aromatic rings. The van der Waals surface area contributed by atoms with Gasteiger partial charge in [0.05, 0.1) is 43.5 Å². The number of aliphatic hydroxyl groups is 3. The van der Waals surface area contributed by atoms with E-state index >= 15 is 0 Å². The Hall–Kier alpha value is -3.50. The largest absolute Gasteiger partial charge is 0.388 e. The fourth-order valence-electron chi connectivity index (χ4n) is 13.0. The molecule has 3 fully saturated rings. The molecule has 23 heteroatoms. The van der Waals surface area contributed by atoms with Gasteiger partial charge in [-0.2, -0.15) is 0 Å². The van der Waals surface area contributed by atoms with E-state index in [9.17, 15) is 34.5 Å². The minimum Gasteiger partial charge on any atom is -0.388 e. The molecule has 0 saturated carbocycles. The lowest BCUT2D eigenvalue weighted by atomic mass is 9.97. The maximum Gasteiger partial charge on any atom is 0.245 e.